The molecule has 1 unspecified atom stereocenters. The highest BCUT2D eigenvalue weighted by atomic mass is 32.2. The van der Waals surface area contributed by atoms with Crippen molar-refractivity contribution in [3.8, 4) is 5.75 Å². The van der Waals surface area contributed by atoms with Gasteiger partial charge in [-0.1, -0.05) is 80.1 Å². The summed E-state index contributed by atoms with van der Waals surface area (Å²) >= 11 is 0. The van der Waals surface area contributed by atoms with Crippen LogP contribution in [0.25, 0.3) is 0 Å². The third kappa shape index (κ3) is 8.94. The Bertz CT molecular complexity index is 1670. The zero-order valence-corrected chi connectivity index (χ0v) is 27.0. The molecule has 2 amide bonds. The number of halogens is 1. The van der Waals surface area contributed by atoms with Crippen LogP contribution < -0.4 is 14.4 Å². The molecule has 0 saturated heterocycles. The Morgan fingerprint density at radius 1 is 0.848 bits per heavy atom. The molecule has 1 atom stereocenters. The predicted octanol–water partition coefficient (Wildman–Crippen LogP) is 5.98. The quantitative estimate of drug-likeness (QED) is 0.151. The van der Waals surface area contributed by atoms with E-state index in [0.717, 1.165) is 22.7 Å². The summed E-state index contributed by atoms with van der Waals surface area (Å²) < 4.78 is 49.8. The average molecular weight is 646 g/mol. The van der Waals surface area contributed by atoms with Crippen LogP contribution in [0.1, 0.15) is 37.8 Å². The van der Waals surface area contributed by atoms with Gasteiger partial charge < -0.3 is 15.0 Å². The first-order valence-corrected chi connectivity index (χ1v) is 16.8. The number of carbonyl (C=O) groups is 2. The summed E-state index contributed by atoms with van der Waals surface area (Å²) in [5, 5.41) is 2.93. The molecule has 0 spiro atoms. The largest absolute Gasteiger partial charge is 0.494 e. The molecule has 4 aromatic rings. The second kappa shape index (κ2) is 16.6. The Labute approximate surface area is 270 Å². The van der Waals surface area contributed by atoms with E-state index in [2.05, 4.69) is 5.32 Å². The van der Waals surface area contributed by atoms with Crippen LogP contribution in [0, 0.1) is 5.82 Å². The van der Waals surface area contributed by atoms with Gasteiger partial charge in [0.25, 0.3) is 10.0 Å². The van der Waals surface area contributed by atoms with Crippen LogP contribution in [0.4, 0.5) is 10.1 Å². The van der Waals surface area contributed by atoms with Crippen molar-refractivity contribution in [2.75, 3.05) is 24.0 Å². The van der Waals surface area contributed by atoms with E-state index in [0.29, 0.717) is 18.9 Å². The minimum atomic E-state index is -4.26. The minimum Gasteiger partial charge on any atom is -0.494 e. The Balaban J connectivity index is 1.77. The summed E-state index contributed by atoms with van der Waals surface area (Å²) in [6.07, 6.45) is 1.75. The molecule has 46 heavy (non-hydrogen) atoms. The van der Waals surface area contributed by atoms with Gasteiger partial charge in [0, 0.05) is 25.1 Å². The van der Waals surface area contributed by atoms with Crippen LogP contribution >= 0.6 is 0 Å². The lowest BCUT2D eigenvalue weighted by Crippen LogP contribution is -2.53. The third-order valence-electron chi connectivity index (χ3n) is 7.44. The molecule has 242 valence electrons. The molecule has 10 heteroatoms. The molecule has 0 aromatic heterocycles. The molecule has 0 aliphatic heterocycles. The maximum atomic E-state index is 15.0. The van der Waals surface area contributed by atoms with Gasteiger partial charge in [0.1, 0.15) is 24.2 Å². The van der Waals surface area contributed by atoms with Crippen molar-refractivity contribution < 1.29 is 27.1 Å². The van der Waals surface area contributed by atoms with Crippen molar-refractivity contribution >= 4 is 27.5 Å². The monoisotopic (exact) mass is 645 g/mol. The van der Waals surface area contributed by atoms with Crippen molar-refractivity contribution in [3.05, 3.63) is 126 Å². The van der Waals surface area contributed by atoms with Crippen molar-refractivity contribution in [1.82, 2.24) is 10.2 Å². The fourth-order valence-electron chi connectivity index (χ4n) is 5.00. The topological polar surface area (TPSA) is 96.0 Å². The molecule has 4 rings (SSSR count). The molecule has 0 heterocycles. The number of anilines is 1. The SMILES string of the molecule is CCCCNC(=O)C(Cc1ccccc1)N(Cc1ccccc1F)C(=O)CN(c1ccccc1)S(=O)(=O)c1ccc(OCC)cc1. The van der Waals surface area contributed by atoms with Crippen LogP contribution in [-0.2, 0) is 32.6 Å². The maximum Gasteiger partial charge on any atom is 0.264 e. The van der Waals surface area contributed by atoms with E-state index in [1.165, 1.54) is 23.1 Å². The molecular weight excluding hydrogens is 605 g/mol. The van der Waals surface area contributed by atoms with Gasteiger partial charge >= 0.3 is 0 Å². The molecule has 0 aliphatic carbocycles. The maximum absolute atomic E-state index is 15.0. The molecule has 1 N–H and O–H groups in total. The number of amides is 2. The predicted molar refractivity (Wildman–Crippen MR) is 177 cm³/mol. The number of nitrogens with one attached hydrogen (secondary N) is 1. The van der Waals surface area contributed by atoms with Crippen LogP contribution in [0.2, 0.25) is 0 Å². The molecule has 0 fully saturated rings. The fourth-order valence-corrected chi connectivity index (χ4v) is 6.41. The molecule has 0 aliphatic rings. The van der Waals surface area contributed by atoms with E-state index < -0.39 is 40.2 Å². The summed E-state index contributed by atoms with van der Waals surface area (Å²) in [5.74, 6) is -1.08. The highest BCUT2D eigenvalue weighted by molar-refractivity contribution is 7.92. The standard InChI is InChI=1S/C36H40FN3O5S/c1-3-5-24-38-36(42)34(25-28-14-8-6-9-15-28)39(26-29-16-12-13-19-33(29)37)35(41)27-40(30-17-10-7-11-18-30)46(43,44)32-22-20-31(21-23-32)45-4-2/h6-23,34H,3-5,24-27H2,1-2H3,(H,38,42). The van der Waals surface area contributed by atoms with Gasteiger partial charge in [0.2, 0.25) is 11.8 Å². The molecule has 4 aromatic carbocycles. The first-order chi connectivity index (χ1) is 22.2. The van der Waals surface area contributed by atoms with Crippen LogP contribution in [0.5, 0.6) is 5.75 Å². The van der Waals surface area contributed by atoms with Gasteiger partial charge in [-0.2, -0.15) is 0 Å². The van der Waals surface area contributed by atoms with Crippen LogP contribution in [0.3, 0.4) is 0 Å². The lowest BCUT2D eigenvalue weighted by atomic mass is 10.0. The van der Waals surface area contributed by atoms with E-state index in [4.69, 9.17) is 4.74 Å². The molecule has 8 nitrogen and oxygen atoms in total. The van der Waals surface area contributed by atoms with Crippen molar-refractivity contribution in [3.63, 3.8) is 0 Å². The number of hydrogen-bond donors (Lipinski definition) is 1. The fraction of sp³-hybridized carbons (Fsp3) is 0.278. The summed E-state index contributed by atoms with van der Waals surface area (Å²) in [4.78, 5) is 29.4. The smallest absolute Gasteiger partial charge is 0.264 e. The number of unbranched alkanes of at least 4 members (excludes halogenated alkanes) is 1. The lowest BCUT2D eigenvalue weighted by molar-refractivity contribution is -0.140. The van der Waals surface area contributed by atoms with Crippen LogP contribution in [0.15, 0.2) is 114 Å². The van der Waals surface area contributed by atoms with E-state index >= 15 is 4.39 Å². The number of rotatable bonds is 16. The number of sulfonamides is 1. The van der Waals surface area contributed by atoms with Crippen molar-refractivity contribution in [2.24, 2.45) is 0 Å². The zero-order valence-electron chi connectivity index (χ0n) is 26.1. The molecule has 0 saturated carbocycles. The number of nitrogens with zero attached hydrogens (tertiary/aromatic N) is 2. The summed E-state index contributed by atoms with van der Waals surface area (Å²) in [6, 6.07) is 28.5. The molecule has 0 bridgehead atoms. The van der Waals surface area contributed by atoms with Crippen molar-refractivity contribution in [1.29, 1.82) is 0 Å². The molecule has 0 radical (unpaired) electrons. The Morgan fingerprint density at radius 2 is 1.48 bits per heavy atom. The third-order valence-corrected chi connectivity index (χ3v) is 9.23. The van der Waals surface area contributed by atoms with Gasteiger partial charge in [0.05, 0.1) is 17.2 Å². The summed E-state index contributed by atoms with van der Waals surface area (Å²) in [5.41, 5.74) is 1.27. The average Bonchev–Trinajstić information content (AvgIpc) is 3.07. The number of ether oxygens (including phenoxy) is 1. The van der Waals surface area contributed by atoms with Gasteiger partial charge in [0.15, 0.2) is 0 Å². The van der Waals surface area contributed by atoms with Gasteiger partial charge in [-0.05, 0) is 61.4 Å². The van der Waals surface area contributed by atoms with Crippen LogP contribution in [-0.4, -0.2) is 50.9 Å². The summed E-state index contributed by atoms with van der Waals surface area (Å²) in [6.45, 7) is 3.80. The number of benzene rings is 4. The number of para-hydroxylation sites is 1. The van der Waals surface area contributed by atoms with E-state index in [1.54, 1.807) is 60.7 Å². The second-order valence-corrected chi connectivity index (χ2v) is 12.6. The normalized spacial score (nSPS) is 11.8. The number of carbonyl (C=O) groups excluding carboxylic acids is 2. The van der Waals surface area contributed by atoms with E-state index in [-0.39, 0.29) is 29.1 Å². The first-order valence-electron chi connectivity index (χ1n) is 15.4. The molecular formula is C36H40FN3O5S. The minimum absolute atomic E-state index is 0.0357. The second-order valence-electron chi connectivity index (χ2n) is 10.7. The first kappa shape index (κ1) is 34.2. The number of hydrogen-bond acceptors (Lipinski definition) is 5. The van der Waals surface area contributed by atoms with Gasteiger partial charge in [-0.3, -0.25) is 13.9 Å². The van der Waals surface area contributed by atoms with Gasteiger partial charge in [-0.15, -0.1) is 0 Å². The lowest BCUT2D eigenvalue weighted by Gasteiger charge is -2.34. The van der Waals surface area contributed by atoms with Gasteiger partial charge in [-0.25, -0.2) is 12.8 Å². The Hall–Kier alpha value is -4.70. The highest BCUT2D eigenvalue weighted by Crippen LogP contribution is 2.26. The Morgan fingerprint density at radius 3 is 2.11 bits per heavy atom. The van der Waals surface area contributed by atoms with E-state index in [1.807, 2.05) is 44.2 Å². The summed E-state index contributed by atoms with van der Waals surface area (Å²) in [7, 11) is -4.26. The van der Waals surface area contributed by atoms with E-state index in [9.17, 15) is 18.0 Å². The highest BCUT2D eigenvalue weighted by Gasteiger charge is 2.35. The van der Waals surface area contributed by atoms with Crippen molar-refractivity contribution in [2.45, 2.75) is 50.6 Å². The Kier molecular flexibility index (Phi) is 12.3. The zero-order chi connectivity index (χ0) is 32.9.